The fourth-order valence-electron chi connectivity index (χ4n) is 2.76. The number of aromatic nitrogens is 1. The predicted molar refractivity (Wildman–Crippen MR) is 90.8 cm³/mol. The van der Waals surface area contributed by atoms with Crippen LogP contribution in [0, 0.1) is 0 Å². The molecule has 3 rings (SSSR count). The Kier molecular flexibility index (Phi) is 4.63. The molecule has 2 aromatic heterocycles. The summed E-state index contributed by atoms with van der Waals surface area (Å²) in [5.41, 5.74) is 2.73. The summed E-state index contributed by atoms with van der Waals surface area (Å²) in [4.78, 5) is 4.20. The second-order valence-electron chi connectivity index (χ2n) is 5.20. The maximum absolute atomic E-state index is 4.20. The Balaban J connectivity index is 1.82. The molecule has 3 heteroatoms. The van der Waals surface area contributed by atoms with Crippen LogP contribution in [0.5, 0.6) is 0 Å². The minimum atomic E-state index is 0.401. The van der Waals surface area contributed by atoms with Gasteiger partial charge >= 0.3 is 0 Å². The van der Waals surface area contributed by atoms with Crippen LogP contribution in [0.2, 0.25) is 0 Å². The third-order valence-corrected chi connectivity index (χ3v) is 4.76. The molecule has 0 bridgehead atoms. The topological polar surface area (TPSA) is 24.9 Å². The second-order valence-corrected chi connectivity index (χ2v) is 6.11. The highest BCUT2D eigenvalue weighted by molar-refractivity contribution is 7.17. The van der Waals surface area contributed by atoms with Crippen molar-refractivity contribution in [2.24, 2.45) is 0 Å². The van der Waals surface area contributed by atoms with Gasteiger partial charge in [0.15, 0.2) is 0 Å². The first-order chi connectivity index (χ1) is 10.4. The van der Waals surface area contributed by atoms with E-state index in [4.69, 9.17) is 0 Å². The lowest BCUT2D eigenvalue weighted by Crippen LogP contribution is -2.21. The molecule has 0 aliphatic rings. The molecular weight excluding hydrogens is 276 g/mol. The number of thiophene rings is 1. The van der Waals surface area contributed by atoms with Gasteiger partial charge in [-0.25, -0.2) is 0 Å². The van der Waals surface area contributed by atoms with Gasteiger partial charge < -0.3 is 5.32 Å². The first-order valence-corrected chi connectivity index (χ1v) is 8.35. The summed E-state index contributed by atoms with van der Waals surface area (Å²) in [5, 5.41) is 7.17. The van der Waals surface area contributed by atoms with E-state index in [1.165, 1.54) is 21.2 Å². The van der Waals surface area contributed by atoms with Gasteiger partial charge in [-0.15, -0.1) is 11.3 Å². The molecule has 0 aliphatic heterocycles. The van der Waals surface area contributed by atoms with Gasteiger partial charge in [-0.3, -0.25) is 4.98 Å². The van der Waals surface area contributed by atoms with E-state index < -0.39 is 0 Å². The molecule has 0 spiro atoms. The number of pyridine rings is 1. The molecule has 3 aromatic rings. The normalized spacial score (nSPS) is 12.6. The van der Waals surface area contributed by atoms with Crippen LogP contribution in [0.4, 0.5) is 0 Å². The fourth-order valence-corrected chi connectivity index (χ4v) is 3.73. The van der Waals surface area contributed by atoms with E-state index >= 15 is 0 Å². The largest absolute Gasteiger partial charge is 0.310 e. The minimum absolute atomic E-state index is 0.401. The Bertz CT molecular complexity index is 691. The molecule has 1 atom stereocenters. The Morgan fingerprint density at radius 3 is 2.95 bits per heavy atom. The van der Waals surface area contributed by atoms with E-state index in [0.717, 1.165) is 19.4 Å². The van der Waals surface area contributed by atoms with Gasteiger partial charge in [0.1, 0.15) is 0 Å². The van der Waals surface area contributed by atoms with E-state index in [1.807, 2.05) is 29.8 Å². The summed E-state index contributed by atoms with van der Waals surface area (Å²) in [7, 11) is 0. The number of aryl methyl sites for hydroxylation is 1. The van der Waals surface area contributed by atoms with Gasteiger partial charge in [0, 0.05) is 23.1 Å². The molecule has 108 valence electrons. The Labute approximate surface area is 129 Å². The van der Waals surface area contributed by atoms with Crippen molar-refractivity contribution in [2.45, 2.75) is 25.8 Å². The maximum Gasteiger partial charge on any atom is 0.0390 e. The summed E-state index contributed by atoms with van der Waals surface area (Å²) in [5.74, 6) is 0. The predicted octanol–water partition coefficient (Wildman–Crippen LogP) is 4.58. The van der Waals surface area contributed by atoms with E-state index in [0.29, 0.717) is 6.04 Å². The van der Waals surface area contributed by atoms with Crippen molar-refractivity contribution in [3.63, 3.8) is 0 Å². The molecule has 0 radical (unpaired) electrons. The van der Waals surface area contributed by atoms with Crippen molar-refractivity contribution in [3.8, 4) is 0 Å². The summed E-state index contributed by atoms with van der Waals surface area (Å²) in [6.07, 6.45) is 5.94. The standard InChI is InChI=1S/C18H20N2S/c1-2-20-17(9-8-14-5-4-11-19-13-14)16-7-3-6-15-10-12-21-18(15)16/h3-7,10-13,17,20H,2,8-9H2,1H3. The van der Waals surface area contributed by atoms with E-state index in [9.17, 15) is 0 Å². The lowest BCUT2D eigenvalue weighted by atomic mass is 9.98. The molecule has 1 unspecified atom stereocenters. The van der Waals surface area contributed by atoms with Gasteiger partial charge in [0.2, 0.25) is 0 Å². The number of benzene rings is 1. The van der Waals surface area contributed by atoms with Crippen molar-refractivity contribution in [1.82, 2.24) is 10.3 Å². The first kappa shape index (κ1) is 14.2. The summed E-state index contributed by atoms with van der Waals surface area (Å²) in [6, 6.07) is 13.4. The third kappa shape index (κ3) is 3.31. The number of nitrogens with one attached hydrogen (secondary N) is 1. The van der Waals surface area contributed by atoms with Gasteiger partial charge in [0.05, 0.1) is 0 Å². The van der Waals surface area contributed by atoms with Crippen LogP contribution >= 0.6 is 11.3 Å². The monoisotopic (exact) mass is 296 g/mol. The number of hydrogen-bond donors (Lipinski definition) is 1. The molecule has 2 heterocycles. The quantitative estimate of drug-likeness (QED) is 0.720. The first-order valence-electron chi connectivity index (χ1n) is 7.47. The SMILES string of the molecule is CCNC(CCc1cccnc1)c1cccc2ccsc12. The lowest BCUT2D eigenvalue weighted by Gasteiger charge is -2.19. The van der Waals surface area contributed by atoms with Crippen LogP contribution in [-0.4, -0.2) is 11.5 Å². The molecule has 1 aromatic carbocycles. The molecular formula is C18H20N2S. The average molecular weight is 296 g/mol. The summed E-state index contributed by atoms with van der Waals surface area (Å²) < 4.78 is 1.41. The average Bonchev–Trinajstić information content (AvgIpc) is 3.01. The molecule has 1 N–H and O–H groups in total. The lowest BCUT2D eigenvalue weighted by molar-refractivity contribution is 0.518. The zero-order valence-corrected chi connectivity index (χ0v) is 13.1. The van der Waals surface area contributed by atoms with E-state index in [1.54, 1.807) is 0 Å². The maximum atomic E-state index is 4.20. The van der Waals surface area contributed by atoms with Crippen molar-refractivity contribution >= 4 is 21.4 Å². The van der Waals surface area contributed by atoms with Crippen molar-refractivity contribution < 1.29 is 0 Å². The molecule has 0 saturated carbocycles. The minimum Gasteiger partial charge on any atom is -0.310 e. The Morgan fingerprint density at radius 1 is 1.19 bits per heavy atom. The van der Waals surface area contributed by atoms with Crippen LogP contribution in [-0.2, 0) is 6.42 Å². The molecule has 0 saturated heterocycles. The van der Waals surface area contributed by atoms with Crippen LogP contribution < -0.4 is 5.32 Å². The van der Waals surface area contributed by atoms with Crippen molar-refractivity contribution in [1.29, 1.82) is 0 Å². The van der Waals surface area contributed by atoms with Crippen LogP contribution in [0.15, 0.2) is 54.2 Å². The number of fused-ring (bicyclic) bond motifs is 1. The van der Waals surface area contributed by atoms with Gasteiger partial charge in [-0.1, -0.05) is 31.2 Å². The highest BCUT2D eigenvalue weighted by Gasteiger charge is 2.14. The molecule has 0 fully saturated rings. The number of rotatable bonds is 6. The highest BCUT2D eigenvalue weighted by atomic mass is 32.1. The number of nitrogens with zero attached hydrogens (tertiary/aromatic N) is 1. The third-order valence-electron chi connectivity index (χ3n) is 3.78. The Hall–Kier alpha value is -1.71. The van der Waals surface area contributed by atoms with Crippen molar-refractivity contribution in [3.05, 3.63) is 65.3 Å². The highest BCUT2D eigenvalue weighted by Crippen LogP contribution is 2.31. The van der Waals surface area contributed by atoms with E-state index in [-0.39, 0.29) is 0 Å². The Morgan fingerprint density at radius 2 is 2.14 bits per heavy atom. The summed E-state index contributed by atoms with van der Waals surface area (Å²) in [6.45, 7) is 3.16. The zero-order valence-electron chi connectivity index (χ0n) is 12.3. The molecule has 21 heavy (non-hydrogen) atoms. The number of hydrogen-bond acceptors (Lipinski definition) is 3. The van der Waals surface area contributed by atoms with Gasteiger partial charge in [-0.2, -0.15) is 0 Å². The smallest absolute Gasteiger partial charge is 0.0390 e. The van der Waals surface area contributed by atoms with Crippen LogP contribution in [0.25, 0.3) is 10.1 Å². The van der Waals surface area contributed by atoms with Crippen LogP contribution in [0.1, 0.15) is 30.5 Å². The molecule has 0 aliphatic carbocycles. The summed E-state index contributed by atoms with van der Waals surface area (Å²) >= 11 is 1.84. The van der Waals surface area contributed by atoms with Gasteiger partial charge in [0.25, 0.3) is 0 Å². The van der Waals surface area contributed by atoms with E-state index in [2.05, 4.69) is 52.9 Å². The van der Waals surface area contributed by atoms with Crippen molar-refractivity contribution in [2.75, 3.05) is 6.54 Å². The second kappa shape index (κ2) is 6.83. The van der Waals surface area contributed by atoms with Gasteiger partial charge in [-0.05, 0) is 53.4 Å². The molecule has 0 amide bonds. The molecule has 2 nitrogen and oxygen atoms in total. The fraction of sp³-hybridized carbons (Fsp3) is 0.278. The zero-order chi connectivity index (χ0) is 14.5. The van der Waals surface area contributed by atoms with Crippen LogP contribution in [0.3, 0.4) is 0 Å².